The van der Waals surface area contributed by atoms with Crippen molar-refractivity contribution in [2.24, 2.45) is 17.8 Å². The molecule has 0 aromatic heterocycles. The van der Waals surface area contributed by atoms with Crippen LogP contribution in [0.1, 0.15) is 60.3 Å². The van der Waals surface area contributed by atoms with E-state index in [2.05, 4.69) is 39.9 Å². The van der Waals surface area contributed by atoms with Crippen molar-refractivity contribution in [1.82, 2.24) is 5.32 Å². The first-order valence-electron chi connectivity index (χ1n) is 6.65. The van der Waals surface area contributed by atoms with Crippen LogP contribution in [0.25, 0.3) is 0 Å². The Hall–Kier alpha value is -0.0400. The highest BCUT2D eigenvalue weighted by Gasteiger charge is 2.27. The third kappa shape index (κ3) is 4.55. The van der Waals surface area contributed by atoms with Gasteiger partial charge in [-0.05, 0) is 57.9 Å². The first-order valence-corrected chi connectivity index (χ1v) is 6.65. The maximum Gasteiger partial charge on any atom is 0.00966 e. The Morgan fingerprint density at radius 1 is 1.13 bits per heavy atom. The number of nitrogens with one attached hydrogen (secondary N) is 1. The summed E-state index contributed by atoms with van der Waals surface area (Å²) < 4.78 is 0. The lowest BCUT2D eigenvalue weighted by Crippen LogP contribution is -2.42. The van der Waals surface area contributed by atoms with E-state index in [4.69, 9.17) is 0 Å². The molecule has 0 aromatic rings. The van der Waals surface area contributed by atoms with Gasteiger partial charge in [-0.15, -0.1) is 0 Å². The quantitative estimate of drug-likeness (QED) is 0.748. The van der Waals surface area contributed by atoms with Crippen LogP contribution in [-0.2, 0) is 0 Å². The van der Waals surface area contributed by atoms with Gasteiger partial charge in [-0.3, -0.25) is 0 Å². The molecule has 0 bridgehead atoms. The maximum atomic E-state index is 3.68. The smallest absolute Gasteiger partial charge is 0.00966 e. The summed E-state index contributed by atoms with van der Waals surface area (Å²) in [5.74, 6) is 2.73. The van der Waals surface area contributed by atoms with Crippen LogP contribution in [0.3, 0.4) is 0 Å². The van der Waals surface area contributed by atoms with E-state index in [1.54, 1.807) is 0 Å². The second-order valence-corrected chi connectivity index (χ2v) is 6.58. The molecule has 2 unspecified atom stereocenters. The topological polar surface area (TPSA) is 12.0 Å². The molecule has 0 radical (unpaired) electrons. The monoisotopic (exact) mass is 211 g/mol. The molecule has 1 N–H and O–H groups in total. The molecule has 0 spiro atoms. The lowest BCUT2D eigenvalue weighted by Gasteiger charge is -2.36. The highest BCUT2D eigenvalue weighted by molar-refractivity contribution is 4.81. The van der Waals surface area contributed by atoms with Gasteiger partial charge in [-0.25, -0.2) is 0 Å². The number of hydrogen-bond acceptors (Lipinski definition) is 1. The minimum atomic E-state index is 0.277. The molecule has 90 valence electrons. The van der Waals surface area contributed by atoms with Crippen LogP contribution in [0.5, 0.6) is 0 Å². The molecular formula is C14H29N. The normalized spacial score (nSPS) is 28.4. The molecule has 0 amide bonds. The summed E-state index contributed by atoms with van der Waals surface area (Å²) in [5.41, 5.74) is 0.277. The van der Waals surface area contributed by atoms with Gasteiger partial charge in [0.1, 0.15) is 0 Å². The molecular weight excluding hydrogens is 182 g/mol. The summed E-state index contributed by atoms with van der Waals surface area (Å²) in [6.07, 6.45) is 5.79. The largest absolute Gasteiger partial charge is 0.312 e. The van der Waals surface area contributed by atoms with Gasteiger partial charge in [0, 0.05) is 5.54 Å². The van der Waals surface area contributed by atoms with Crippen LogP contribution in [0.15, 0.2) is 0 Å². The Labute approximate surface area is 96.0 Å². The van der Waals surface area contributed by atoms with E-state index in [0.717, 1.165) is 17.8 Å². The fourth-order valence-corrected chi connectivity index (χ4v) is 2.80. The highest BCUT2D eigenvalue weighted by atomic mass is 14.9. The van der Waals surface area contributed by atoms with Crippen molar-refractivity contribution < 1.29 is 0 Å². The van der Waals surface area contributed by atoms with Gasteiger partial charge in [-0.1, -0.05) is 26.7 Å². The molecule has 15 heavy (non-hydrogen) atoms. The molecule has 1 aliphatic rings. The minimum absolute atomic E-state index is 0.277. The van der Waals surface area contributed by atoms with Crippen molar-refractivity contribution in [3.63, 3.8) is 0 Å². The predicted molar refractivity (Wildman–Crippen MR) is 68.0 cm³/mol. The Balaban J connectivity index is 2.43. The van der Waals surface area contributed by atoms with Gasteiger partial charge in [-0.2, -0.15) is 0 Å². The Morgan fingerprint density at radius 2 is 1.73 bits per heavy atom. The number of hydrogen-bond donors (Lipinski definition) is 1. The molecule has 1 aliphatic carbocycles. The molecule has 0 saturated heterocycles. The minimum Gasteiger partial charge on any atom is -0.312 e. The molecule has 1 saturated carbocycles. The maximum absolute atomic E-state index is 3.68. The van der Waals surface area contributed by atoms with Crippen LogP contribution in [-0.4, -0.2) is 12.1 Å². The second-order valence-electron chi connectivity index (χ2n) is 6.58. The van der Waals surface area contributed by atoms with Crippen molar-refractivity contribution >= 4 is 0 Å². The van der Waals surface area contributed by atoms with Crippen molar-refractivity contribution in [3.8, 4) is 0 Å². The van der Waals surface area contributed by atoms with Gasteiger partial charge in [0.25, 0.3) is 0 Å². The Kier molecular flexibility index (Phi) is 4.64. The van der Waals surface area contributed by atoms with Crippen LogP contribution in [0.2, 0.25) is 0 Å². The number of rotatable bonds is 3. The van der Waals surface area contributed by atoms with E-state index in [9.17, 15) is 0 Å². The fraction of sp³-hybridized carbons (Fsp3) is 1.00. The molecule has 2 atom stereocenters. The summed E-state index contributed by atoms with van der Waals surface area (Å²) in [6, 6.07) is 0. The Bertz CT molecular complexity index is 178. The summed E-state index contributed by atoms with van der Waals surface area (Å²) >= 11 is 0. The molecule has 1 rings (SSSR count). The Morgan fingerprint density at radius 3 is 2.27 bits per heavy atom. The highest BCUT2D eigenvalue weighted by Crippen LogP contribution is 2.34. The van der Waals surface area contributed by atoms with Crippen molar-refractivity contribution in [3.05, 3.63) is 0 Å². The molecule has 1 fully saturated rings. The van der Waals surface area contributed by atoms with Crippen LogP contribution >= 0.6 is 0 Å². The SMILES string of the molecule is CC(C)C1CCCCC1CNC(C)(C)C. The van der Waals surface area contributed by atoms with Gasteiger partial charge in [0.05, 0.1) is 0 Å². The fourth-order valence-electron chi connectivity index (χ4n) is 2.80. The zero-order chi connectivity index (χ0) is 11.5. The molecule has 0 aliphatic heterocycles. The zero-order valence-electron chi connectivity index (χ0n) is 11.3. The van der Waals surface area contributed by atoms with Crippen LogP contribution in [0, 0.1) is 17.8 Å². The van der Waals surface area contributed by atoms with Crippen molar-refractivity contribution in [2.45, 2.75) is 65.8 Å². The lowest BCUT2D eigenvalue weighted by molar-refractivity contribution is 0.167. The first-order chi connectivity index (χ1) is 6.90. The summed E-state index contributed by atoms with van der Waals surface area (Å²) in [7, 11) is 0. The van der Waals surface area contributed by atoms with Crippen molar-refractivity contribution in [1.29, 1.82) is 0 Å². The zero-order valence-corrected chi connectivity index (χ0v) is 11.3. The molecule has 0 heterocycles. The third-order valence-corrected chi connectivity index (χ3v) is 3.72. The predicted octanol–water partition coefficient (Wildman–Crippen LogP) is 3.84. The average molecular weight is 211 g/mol. The van der Waals surface area contributed by atoms with Gasteiger partial charge in [0.15, 0.2) is 0 Å². The third-order valence-electron chi connectivity index (χ3n) is 3.72. The first kappa shape index (κ1) is 13.0. The van der Waals surface area contributed by atoms with Gasteiger partial charge < -0.3 is 5.32 Å². The molecule has 1 heteroatoms. The molecule has 0 aromatic carbocycles. The summed E-state index contributed by atoms with van der Waals surface area (Å²) in [5, 5.41) is 3.68. The van der Waals surface area contributed by atoms with E-state index < -0.39 is 0 Å². The van der Waals surface area contributed by atoms with E-state index in [1.165, 1.54) is 32.2 Å². The van der Waals surface area contributed by atoms with E-state index >= 15 is 0 Å². The van der Waals surface area contributed by atoms with E-state index in [0.29, 0.717) is 0 Å². The van der Waals surface area contributed by atoms with Gasteiger partial charge >= 0.3 is 0 Å². The molecule has 1 nitrogen and oxygen atoms in total. The summed E-state index contributed by atoms with van der Waals surface area (Å²) in [4.78, 5) is 0. The standard InChI is InChI=1S/C14H29N/c1-11(2)13-9-7-6-8-12(13)10-15-14(3,4)5/h11-13,15H,6-10H2,1-5H3. The van der Waals surface area contributed by atoms with Crippen LogP contribution < -0.4 is 5.32 Å². The average Bonchev–Trinajstić information content (AvgIpc) is 2.14. The van der Waals surface area contributed by atoms with E-state index in [1.807, 2.05) is 0 Å². The summed E-state index contributed by atoms with van der Waals surface area (Å²) in [6.45, 7) is 12.8. The van der Waals surface area contributed by atoms with Crippen LogP contribution in [0.4, 0.5) is 0 Å². The van der Waals surface area contributed by atoms with Crippen molar-refractivity contribution in [2.75, 3.05) is 6.54 Å². The van der Waals surface area contributed by atoms with Gasteiger partial charge in [0.2, 0.25) is 0 Å². The second kappa shape index (κ2) is 5.34. The van der Waals surface area contributed by atoms with E-state index in [-0.39, 0.29) is 5.54 Å². The lowest BCUT2D eigenvalue weighted by atomic mass is 9.73.